The van der Waals surface area contributed by atoms with Crippen LogP contribution in [0.4, 0.5) is 8.78 Å². The van der Waals surface area contributed by atoms with Crippen molar-refractivity contribution in [1.29, 1.82) is 0 Å². The van der Waals surface area contributed by atoms with Crippen LogP contribution < -0.4 is 4.74 Å². The molecule has 29 heavy (non-hydrogen) atoms. The Morgan fingerprint density at radius 3 is 2.17 bits per heavy atom. The number of hydrogen-bond donors (Lipinski definition) is 0. The van der Waals surface area contributed by atoms with Crippen molar-refractivity contribution >= 4 is 0 Å². The molecule has 1 atom stereocenters. The van der Waals surface area contributed by atoms with E-state index in [-0.39, 0.29) is 5.56 Å². The van der Waals surface area contributed by atoms with Gasteiger partial charge in [-0.15, -0.1) is 0 Å². The van der Waals surface area contributed by atoms with Crippen molar-refractivity contribution in [3.05, 3.63) is 64.7 Å². The third-order valence-corrected chi connectivity index (χ3v) is 6.35. The molecule has 0 bridgehead atoms. The first-order chi connectivity index (χ1) is 14.0. The molecule has 2 aromatic rings. The number of halogens is 2. The van der Waals surface area contributed by atoms with Crippen LogP contribution in [0.1, 0.15) is 62.6 Å². The van der Waals surface area contributed by atoms with Crippen molar-refractivity contribution < 1.29 is 13.5 Å². The predicted molar refractivity (Wildman–Crippen MR) is 114 cm³/mol. The highest BCUT2D eigenvalue weighted by Crippen LogP contribution is 2.36. The van der Waals surface area contributed by atoms with Gasteiger partial charge in [0.25, 0.3) is 0 Å². The number of ether oxygens (including phenoxy) is 1. The van der Waals surface area contributed by atoms with E-state index in [1.54, 1.807) is 31.4 Å². The molecule has 1 fully saturated rings. The second-order valence-corrected chi connectivity index (χ2v) is 8.28. The summed E-state index contributed by atoms with van der Waals surface area (Å²) in [5, 5.41) is 0. The Hall–Kier alpha value is -2.34. The number of methoxy groups -OCH3 is 1. The summed E-state index contributed by atoms with van der Waals surface area (Å²) in [7, 11) is 1.59. The molecule has 3 heteroatoms. The molecule has 3 rings (SSSR count). The molecule has 0 N–H and O–H groups in total. The Morgan fingerprint density at radius 1 is 1.00 bits per heavy atom. The van der Waals surface area contributed by atoms with Crippen LogP contribution in [0.3, 0.4) is 0 Å². The fourth-order valence-corrected chi connectivity index (χ4v) is 4.38. The second-order valence-electron chi connectivity index (χ2n) is 8.28. The van der Waals surface area contributed by atoms with Gasteiger partial charge in [-0.1, -0.05) is 45.0 Å². The van der Waals surface area contributed by atoms with Gasteiger partial charge in [-0.3, -0.25) is 0 Å². The number of rotatable bonds is 5. The van der Waals surface area contributed by atoms with E-state index in [0.29, 0.717) is 23.8 Å². The lowest BCUT2D eigenvalue weighted by molar-refractivity contribution is 0.210. The van der Waals surface area contributed by atoms with Gasteiger partial charge in [0.15, 0.2) is 0 Å². The second kappa shape index (κ2) is 9.92. The van der Waals surface area contributed by atoms with Crippen molar-refractivity contribution in [3.63, 3.8) is 0 Å². The Kier molecular flexibility index (Phi) is 7.31. The zero-order valence-corrected chi connectivity index (χ0v) is 17.6. The van der Waals surface area contributed by atoms with E-state index in [4.69, 9.17) is 4.74 Å². The molecule has 1 aliphatic carbocycles. The van der Waals surface area contributed by atoms with Gasteiger partial charge in [-0.25, -0.2) is 8.78 Å². The summed E-state index contributed by atoms with van der Waals surface area (Å²) in [5.41, 5.74) is 1.24. The molecule has 2 aromatic carbocycles. The van der Waals surface area contributed by atoms with Crippen LogP contribution in [0.2, 0.25) is 0 Å². The molecular formula is C26H30F2O. The maximum Gasteiger partial charge on any atom is 0.142 e. The van der Waals surface area contributed by atoms with Gasteiger partial charge in [0.05, 0.1) is 12.7 Å². The molecule has 154 valence electrons. The normalized spacial score (nSPS) is 19.9. The summed E-state index contributed by atoms with van der Waals surface area (Å²) in [6, 6.07) is 9.99. The first-order valence-electron chi connectivity index (χ1n) is 10.6. The lowest BCUT2D eigenvalue weighted by Crippen LogP contribution is -2.21. The van der Waals surface area contributed by atoms with E-state index < -0.39 is 11.6 Å². The highest BCUT2D eigenvalue weighted by atomic mass is 19.1. The van der Waals surface area contributed by atoms with Gasteiger partial charge in [0.1, 0.15) is 17.4 Å². The van der Waals surface area contributed by atoms with E-state index in [2.05, 4.69) is 25.7 Å². The Labute approximate surface area is 173 Å². The topological polar surface area (TPSA) is 9.23 Å². The minimum Gasteiger partial charge on any atom is -0.497 e. The fourth-order valence-electron chi connectivity index (χ4n) is 4.38. The first kappa shape index (κ1) is 21.4. The minimum atomic E-state index is -0.581. The molecule has 1 aliphatic rings. The highest BCUT2D eigenvalue weighted by Gasteiger charge is 2.25. The fraction of sp³-hybridized carbons (Fsp3) is 0.462. The molecule has 0 amide bonds. The van der Waals surface area contributed by atoms with Gasteiger partial charge in [-0.2, -0.15) is 0 Å². The minimum absolute atomic E-state index is 0.166. The average molecular weight is 397 g/mol. The third-order valence-electron chi connectivity index (χ3n) is 6.35. The predicted octanol–water partition coefficient (Wildman–Crippen LogP) is 6.77. The van der Waals surface area contributed by atoms with Gasteiger partial charge in [0, 0.05) is 5.56 Å². The monoisotopic (exact) mass is 396 g/mol. The van der Waals surface area contributed by atoms with Crippen molar-refractivity contribution in [1.82, 2.24) is 0 Å². The first-order valence-corrected chi connectivity index (χ1v) is 10.6. The van der Waals surface area contributed by atoms with Crippen LogP contribution in [0.25, 0.3) is 0 Å². The van der Waals surface area contributed by atoms with Gasteiger partial charge in [0.2, 0.25) is 0 Å². The Morgan fingerprint density at radius 2 is 1.62 bits per heavy atom. The zero-order chi connectivity index (χ0) is 20.8. The van der Waals surface area contributed by atoms with Crippen LogP contribution in [0.15, 0.2) is 36.4 Å². The summed E-state index contributed by atoms with van der Waals surface area (Å²) < 4.78 is 34.2. The smallest absolute Gasteiger partial charge is 0.142 e. The SMILES string of the molecule is CCC1CCC(C(C)Cc2cc(F)c(C#Cc3ccc(OC)cc3)c(F)c2)CC1. The van der Waals surface area contributed by atoms with Crippen LogP contribution in [0.5, 0.6) is 5.75 Å². The zero-order valence-electron chi connectivity index (χ0n) is 17.6. The molecule has 1 unspecified atom stereocenters. The highest BCUT2D eigenvalue weighted by molar-refractivity contribution is 5.46. The van der Waals surface area contributed by atoms with Crippen molar-refractivity contribution in [2.45, 2.75) is 52.4 Å². The lowest BCUT2D eigenvalue weighted by atomic mass is 9.74. The van der Waals surface area contributed by atoms with Crippen LogP contribution in [-0.2, 0) is 6.42 Å². The maximum atomic E-state index is 14.6. The summed E-state index contributed by atoms with van der Waals surface area (Å²) in [4.78, 5) is 0. The third kappa shape index (κ3) is 5.60. The van der Waals surface area contributed by atoms with Crippen molar-refractivity contribution in [3.8, 4) is 17.6 Å². The molecule has 1 saturated carbocycles. The van der Waals surface area contributed by atoms with Gasteiger partial charge < -0.3 is 4.74 Å². The standard InChI is InChI=1S/C26H30F2O/c1-4-19-5-10-22(11-6-19)18(2)15-21-16-25(27)24(26(28)17-21)14-9-20-7-12-23(29-3)13-8-20/h7-8,12-13,16-19,22H,4-6,10-11,15H2,1-3H3. The lowest BCUT2D eigenvalue weighted by Gasteiger charge is -2.32. The maximum absolute atomic E-state index is 14.6. The summed E-state index contributed by atoms with van der Waals surface area (Å²) >= 11 is 0. The van der Waals surface area contributed by atoms with Crippen LogP contribution in [0, 0.1) is 41.2 Å². The van der Waals surface area contributed by atoms with E-state index >= 15 is 0 Å². The average Bonchev–Trinajstić information content (AvgIpc) is 2.73. The molecule has 0 aromatic heterocycles. The van der Waals surface area contributed by atoms with E-state index in [0.717, 1.165) is 17.2 Å². The molecule has 0 saturated heterocycles. The molecule has 0 heterocycles. The molecule has 0 aliphatic heterocycles. The van der Waals surface area contributed by atoms with Crippen LogP contribution in [-0.4, -0.2) is 7.11 Å². The number of benzene rings is 2. The van der Waals surface area contributed by atoms with Crippen LogP contribution >= 0.6 is 0 Å². The Bertz CT molecular complexity index is 845. The van der Waals surface area contributed by atoms with Gasteiger partial charge in [-0.05, 0) is 79.0 Å². The Balaban J connectivity index is 1.68. The molecular weight excluding hydrogens is 366 g/mol. The molecule has 0 spiro atoms. The molecule has 1 nitrogen and oxygen atoms in total. The van der Waals surface area contributed by atoms with E-state index in [1.165, 1.54) is 44.2 Å². The largest absolute Gasteiger partial charge is 0.497 e. The number of hydrogen-bond acceptors (Lipinski definition) is 1. The summed E-state index contributed by atoms with van der Waals surface area (Å²) in [6.45, 7) is 4.48. The van der Waals surface area contributed by atoms with E-state index in [9.17, 15) is 8.78 Å². The van der Waals surface area contributed by atoms with Crippen molar-refractivity contribution in [2.24, 2.45) is 17.8 Å². The summed E-state index contributed by atoms with van der Waals surface area (Å²) in [6.07, 6.45) is 7.01. The van der Waals surface area contributed by atoms with Crippen molar-refractivity contribution in [2.75, 3.05) is 7.11 Å². The van der Waals surface area contributed by atoms with Gasteiger partial charge >= 0.3 is 0 Å². The summed E-state index contributed by atoms with van der Waals surface area (Å²) in [5.74, 6) is 6.98. The molecule has 0 radical (unpaired) electrons. The van der Waals surface area contributed by atoms with E-state index in [1.807, 2.05) is 0 Å². The quantitative estimate of drug-likeness (QED) is 0.507.